The summed E-state index contributed by atoms with van der Waals surface area (Å²) < 4.78 is 37.1. The summed E-state index contributed by atoms with van der Waals surface area (Å²) in [5, 5.41) is 0. The van der Waals surface area contributed by atoms with Crippen LogP contribution in [0.5, 0.6) is 0 Å². The molecule has 0 aliphatic rings. The van der Waals surface area contributed by atoms with Gasteiger partial charge in [-0.25, -0.2) is 0 Å². The van der Waals surface area contributed by atoms with Crippen molar-refractivity contribution in [2.75, 3.05) is 14.1 Å². The molecule has 0 aliphatic heterocycles. The predicted octanol–water partition coefficient (Wildman–Crippen LogP) is 3.36. The lowest BCUT2D eigenvalue weighted by molar-refractivity contribution is -0.137. The normalized spacial score (nSPS) is 10.4. The van der Waals surface area contributed by atoms with Gasteiger partial charge in [0.15, 0.2) is 0 Å². The van der Waals surface area contributed by atoms with E-state index in [1.54, 1.807) is 14.1 Å². The molecule has 0 atom stereocenters. The number of hydrogen-bond acceptors (Lipinski definition) is 1. The van der Waals surface area contributed by atoms with Gasteiger partial charge in [0.1, 0.15) is 0 Å². The number of rotatable bonds is 2. The Morgan fingerprint density at radius 1 is 1.22 bits per heavy atom. The van der Waals surface area contributed by atoms with Crippen molar-refractivity contribution in [2.24, 2.45) is 0 Å². The summed E-state index contributed by atoms with van der Waals surface area (Å²) in [6, 6.07) is 4.81. The van der Waals surface area contributed by atoms with Crippen LogP contribution in [0.2, 0.25) is 0 Å². The number of carbonyl (C=O) groups is 1. The fourth-order valence-electron chi connectivity index (χ4n) is 1.19. The van der Waals surface area contributed by atoms with Crippen LogP contribution in [0.3, 0.4) is 0 Å². The first-order valence-corrected chi connectivity index (χ1v) is 5.67. The van der Waals surface area contributed by atoms with Gasteiger partial charge < -0.3 is 4.90 Å². The molecule has 0 spiro atoms. The summed E-state index contributed by atoms with van der Waals surface area (Å²) in [6.45, 7) is 4.00. The first-order chi connectivity index (χ1) is 8.30. The molecule has 0 heterocycles. The van der Waals surface area contributed by atoms with Gasteiger partial charge in [-0.15, -0.1) is 0 Å². The minimum Gasteiger partial charge on any atom is -0.349 e. The summed E-state index contributed by atoms with van der Waals surface area (Å²) in [6.07, 6.45) is -4.38. The molecule has 2 nitrogen and oxygen atoms in total. The van der Waals surface area contributed by atoms with Crippen LogP contribution in [0.15, 0.2) is 24.3 Å². The average Bonchev–Trinajstić information content (AvgIpc) is 2.30. The molecular weight excluding hydrogens is 243 g/mol. The van der Waals surface area contributed by atoms with Crippen molar-refractivity contribution in [3.63, 3.8) is 0 Å². The Bertz CT molecular complexity index is 386. The molecule has 1 rings (SSSR count). The zero-order valence-corrected chi connectivity index (χ0v) is 11.0. The Hall–Kier alpha value is -1.52. The van der Waals surface area contributed by atoms with E-state index in [0.717, 1.165) is 12.1 Å². The van der Waals surface area contributed by atoms with Crippen molar-refractivity contribution in [3.8, 4) is 0 Å². The molecule has 0 bridgehead atoms. The smallest absolute Gasteiger partial charge is 0.349 e. The van der Waals surface area contributed by atoms with E-state index in [4.69, 9.17) is 0 Å². The highest BCUT2D eigenvalue weighted by molar-refractivity contribution is 5.78. The van der Waals surface area contributed by atoms with Gasteiger partial charge in [-0.3, -0.25) is 4.79 Å². The molecule has 0 saturated carbocycles. The van der Waals surface area contributed by atoms with Crippen LogP contribution in [-0.4, -0.2) is 24.9 Å². The molecule has 0 unspecified atom stereocenters. The first-order valence-electron chi connectivity index (χ1n) is 5.67. The summed E-state index contributed by atoms with van der Waals surface area (Å²) in [7, 11) is 3.13. The summed E-state index contributed by atoms with van der Waals surface area (Å²) >= 11 is 0. The van der Waals surface area contributed by atoms with Gasteiger partial charge in [0, 0.05) is 14.1 Å². The van der Waals surface area contributed by atoms with Gasteiger partial charge in [0.05, 0.1) is 12.0 Å². The number of halogens is 3. The summed E-state index contributed by atoms with van der Waals surface area (Å²) in [5.41, 5.74) is -0.356. The van der Waals surface area contributed by atoms with E-state index in [0.29, 0.717) is 5.56 Å². The third kappa shape index (κ3) is 5.21. The molecule has 1 amide bonds. The molecule has 0 aromatic heterocycles. The maximum atomic E-state index is 12.4. The Morgan fingerprint density at radius 2 is 1.78 bits per heavy atom. The lowest BCUT2D eigenvalue weighted by Crippen LogP contribution is -2.23. The second-order valence-corrected chi connectivity index (χ2v) is 3.66. The van der Waals surface area contributed by atoms with Gasteiger partial charge >= 0.3 is 6.18 Å². The Morgan fingerprint density at radius 3 is 2.22 bits per heavy atom. The molecular formula is C13H18F3NO. The van der Waals surface area contributed by atoms with Crippen LogP contribution in [0.1, 0.15) is 25.0 Å². The number of nitrogens with zero attached hydrogens (tertiary/aromatic N) is 1. The molecule has 18 heavy (non-hydrogen) atoms. The molecule has 0 saturated heterocycles. The van der Waals surface area contributed by atoms with Gasteiger partial charge in [-0.2, -0.15) is 13.2 Å². The largest absolute Gasteiger partial charge is 0.416 e. The number of hydrogen-bond donors (Lipinski definition) is 0. The summed E-state index contributed by atoms with van der Waals surface area (Å²) in [4.78, 5) is 12.7. The molecule has 1 aromatic rings. The van der Waals surface area contributed by atoms with Gasteiger partial charge in [0.2, 0.25) is 5.91 Å². The monoisotopic (exact) mass is 261 g/mol. The minimum atomic E-state index is -4.36. The van der Waals surface area contributed by atoms with Gasteiger partial charge in [0.25, 0.3) is 0 Å². The predicted molar refractivity (Wildman–Crippen MR) is 65.2 cm³/mol. The number of alkyl halides is 3. The lowest BCUT2D eigenvalue weighted by Gasteiger charge is -2.11. The van der Waals surface area contributed by atoms with Crippen LogP contribution in [0.4, 0.5) is 13.2 Å². The van der Waals surface area contributed by atoms with Crippen LogP contribution >= 0.6 is 0 Å². The van der Waals surface area contributed by atoms with Crippen molar-refractivity contribution in [3.05, 3.63) is 35.4 Å². The third-order valence-electron chi connectivity index (χ3n) is 2.11. The maximum absolute atomic E-state index is 12.4. The standard InChI is InChI=1S/C11H12F3NO.C2H6/c1-15(2)10(16)7-8-4-3-5-9(6-8)11(12,13)14;1-2/h3-6H,7H2,1-2H3;1-2H3. The maximum Gasteiger partial charge on any atom is 0.416 e. The SMILES string of the molecule is CC.CN(C)C(=O)Cc1cccc(C(F)(F)F)c1. The van der Waals surface area contributed by atoms with Crippen LogP contribution in [-0.2, 0) is 17.4 Å². The van der Waals surface area contributed by atoms with Crippen molar-refractivity contribution in [2.45, 2.75) is 26.4 Å². The number of amides is 1. The van der Waals surface area contributed by atoms with Crippen LogP contribution in [0, 0.1) is 0 Å². The van der Waals surface area contributed by atoms with E-state index < -0.39 is 11.7 Å². The fourth-order valence-corrected chi connectivity index (χ4v) is 1.19. The topological polar surface area (TPSA) is 20.3 Å². The van der Waals surface area contributed by atoms with Crippen molar-refractivity contribution in [1.29, 1.82) is 0 Å². The number of likely N-dealkylation sites (N-methyl/N-ethyl adjacent to an activating group) is 1. The summed E-state index contributed by atoms with van der Waals surface area (Å²) in [5.74, 6) is -0.223. The Labute approximate surface area is 105 Å². The molecule has 0 N–H and O–H groups in total. The average molecular weight is 261 g/mol. The molecule has 0 radical (unpaired) electrons. The zero-order chi connectivity index (χ0) is 14.3. The van der Waals surface area contributed by atoms with E-state index in [2.05, 4.69) is 0 Å². The van der Waals surface area contributed by atoms with Gasteiger partial charge in [-0.1, -0.05) is 32.0 Å². The van der Waals surface area contributed by atoms with E-state index in [-0.39, 0.29) is 12.3 Å². The highest BCUT2D eigenvalue weighted by Gasteiger charge is 2.30. The molecule has 102 valence electrons. The van der Waals surface area contributed by atoms with Crippen molar-refractivity contribution < 1.29 is 18.0 Å². The van der Waals surface area contributed by atoms with E-state index in [1.165, 1.54) is 17.0 Å². The van der Waals surface area contributed by atoms with Crippen LogP contribution in [0.25, 0.3) is 0 Å². The third-order valence-corrected chi connectivity index (χ3v) is 2.11. The Kier molecular flexibility index (Phi) is 6.44. The second-order valence-electron chi connectivity index (χ2n) is 3.66. The molecule has 0 aliphatic carbocycles. The second kappa shape index (κ2) is 7.03. The zero-order valence-electron chi connectivity index (χ0n) is 11.0. The molecule has 5 heteroatoms. The van der Waals surface area contributed by atoms with E-state index in [9.17, 15) is 18.0 Å². The minimum absolute atomic E-state index is 0.0169. The number of benzene rings is 1. The van der Waals surface area contributed by atoms with Gasteiger partial charge in [-0.05, 0) is 11.6 Å². The van der Waals surface area contributed by atoms with E-state index in [1.807, 2.05) is 13.8 Å². The fraction of sp³-hybridized carbons (Fsp3) is 0.462. The van der Waals surface area contributed by atoms with Crippen molar-refractivity contribution in [1.82, 2.24) is 4.90 Å². The first kappa shape index (κ1) is 16.5. The van der Waals surface area contributed by atoms with E-state index >= 15 is 0 Å². The molecule has 0 fully saturated rings. The Balaban J connectivity index is 0.00000137. The molecule has 1 aromatic carbocycles. The highest BCUT2D eigenvalue weighted by atomic mass is 19.4. The lowest BCUT2D eigenvalue weighted by atomic mass is 10.1. The number of carbonyl (C=O) groups excluding carboxylic acids is 1. The van der Waals surface area contributed by atoms with Crippen LogP contribution < -0.4 is 0 Å². The quantitative estimate of drug-likeness (QED) is 0.799. The van der Waals surface area contributed by atoms with Crippen molar-refractivity contribution >= 4 is 5.91 Å². The highest BCUT2D eigenvalue weighted by Crippen LogP contribution is 2.29.